The second-order valence-electron chi connectivity index (χ2n) is 4.08. The summed E-state index contributed by atoms with van der Waals surface area (Å²) < 4.78 is 28.2. The number of sulfonamides is 1. The van der Waals surface area contributed by atoms with Gasteiger partial charge in [0.05, 0.1) is 16.8 Å². The summed E-state index contributed by atoms with van der Waals surface area (Å²) in [6, 6.07) is 1.41. The Morgan fingerprint density at radius 3 is 2.75 bits per heavy atom. The number of anilines is 1. The van der Waals surface area contributed by atoms with Gasteiger partial charge in [0.15, 0.2) is 15.9 Å². The van der Waals surface area contributed by atoms with Gasteiger partial charge in [-0.25, -0.2) is 4.98 Å². The number of carbonyl (C=O) groups excluding carboxylic acids is 1. The van der Waals surface area contributed by atoms with Gasteiger partial charge in [-0.1, -0.05) is 11.3 Å². The number of aromatic nitrogens is 3. The van der Waals surface area contributed by atoms with Gasteiger partial charge in [-0.2, -0.15) is 13.5 Å². The Bertz CT molecular complexity index is 746. The van der Waals surface area contributed by atoms with Crippen LogP contribution in [-0.2, 0) is 16.6 Å². The van der Waals surface area contributed by atoms with Crippen LogP contribution in [0.4, 0.5) is 5.13 Å². The van der Waals surface area contributed by atoms with E-state index in [1.807, 2.05) is 0 Å². The van der Waals surface area contributed by atoms with Gasteiger partial charge in [0.1, 0.15) is 0 Å². The molecule has 0 bridgehead atoms. The van der Waals surface area contributed by atoms with E-state index < -0.39 is 10.0 Å². The Kier molecular flexibility index (Phi) is 3.91. The first-order valence-corrected chi connectivity index (χ1v) is 8.18. The quantitative estimate of drug-likeness (QED) is 0.847. The van der Waals surface area contributed by atoms with Crippen molar-refractivity contribution in [2.45, 2.75) is 32.3 Å². The smallest absolute Gasteiger partial charge is 0.280 e. The van der Waals surface area contributed by atoms with Crippen LogP contribution in [0.2, 0.25) is 0 Å². The molecule has 1 N–H and O–H groups in total. The van der Waals surface area contributed by atoms with Crippen LogP contribution in [0.25, 0.3) is 0 Å². The molecule has 0 aliphatic heterocycles. The van der Waals surface area contributed by atoms with E-state index >= 15 is 0 Å². The van der Waals surface area contributed by atoms with Crippen molar-refractivity contribution in [1.82, 2.24) is 14.8 Å². The predicted octanol–water partition coefficient (Wildman–Crippen LogP) is 1.67. The lowest BCUT2D eigenvalue weighted by molar-refractivity contribution is 0.102. The van der Waals surface area contributed by atoms with Crippen LogP contribution in [-0.4, -0.2) is 29.0 Å². The van der Waals surface area contributed by atoms with E-state index in [1.165, 1.54) is 23.9 Å². The average Bonchev–Trinajstić information content (AvgIpc) is 2.95. The highest BCUT2D eigenvalue weighted by Crippen LogP contribution is 2.25. The molecule has 0 atom stereocenters. The molecule has 9 heteroatoms. The Morgan fingerprint density at radius 2 is 2.20 bits per heavy atom. The van der Waals surface area contributed by atoms with Crippen molar-refractivity contribution in [3.8, 4) is 0 Å². The number of rotatable bonds is 5. The normalized spacial score (nSPS) is 11.6. The summed E-state index contributed by atoms with van der Waals surface area (Å²) >= 11 is 1.02. The highest BCUT2D eigenvalue weighted by atomic mass is 32.2. The van der Waals surface area contributed by atoms with Crippen molar-refractivity contribution >= 4 is 32.3 Å². The second kappa shape index (κ2) is 5.33. The molecule has 0 radical (unpaired) electrons. The molecule has 0 saturated heterocycles. The minimum Gasteiger partial charge on any atom is -0.294 e. The number of carbonyl (C=O) groups is 1. The lowest BCUT2D eigenvalue weighted by atomic mass is 10.3. The minimum atomic E-state index is -3.75. The van der Waals surface area contributed by atoms with E-state index in [0.717, 1.165) is 11.3 Å². The van der Waals surface area contributed by atoms with Crippen LogP contribution >= 0.6 is 11.3 Å². The number of hydrogen-bond donors (Lipinski definition) is 1. The summed E-state index contributed by atoms with van der Waals surface area (Å²) in [6.45, 7) is 5.33. The Morgan fingerprint density at radius 1 is 1.50 bits per heavy atom. The molecule has 0 aromatic carbocycles. The molecule has 0 aliphatic carbocycles. The number of Topliss-reactive ketones (excluding diaryl/α,β-unsaturated/α-hetero) is 1. The maximum atomic E-state index is 12.2. The molecule has 0 aliphatic rings. The highest BCUT2D eigenvalue weighted by molar-refractivity contribution is 7.92. The van der Waals surface area contributed by atoms with Crippen molar-refractivity contribution < 1.29 is 13.2 Å². The third-order valence-electron chi connectivity index (χ3n) is 2.59. The molecule has 7 nitrogen and oxygen atoms in total. The number of aryl methyl sites for hydroxylation is 2. The Balaban J connectivity index is 2.34. The van der Waals surface area contributed by atoms with Crippen LogP contribution < -0.4 is 4.72 Å². The third kappa shape index (κ3) is 2.73. The monoisotopic (exact) mass is 314 g/mol. The molecule has 2 aromatic heterocycles. The molecule has 108 valence electrons. The van der Waals surface area contributed by atoms with E-state index in [9.17, 15) is 13.2 Å². The van der Waals surface area contributed by atoms with E-state index in [-0.39, 0.29) is 15.9 Å². The van der Waals surface area contributed by atoms with Gasteiger partial charge in [-0.3, -0.25) is 14.2 Å². The second-order valence-corrected chi connectivity index (χ2v) is 6.71. The van der Waals surface area contributed by atoms with Crippen LogP contribution in [0.15, 0.2) is 17.3 Å². The maximum absolute atomic E-state index is 12.2. The molecule has 2 aromatic rings. The fourth-order valence-electron chi connectivity index (χ4n) is 1.72. The van der Waals surface area contributed by atoms with Gasteiger partial charge < -0.3 is 0 Å². The molecular weight excluding hydrogens is 300 g/mol. The zero-order valence-electron chi connectivity index (χ0n) is 11.2. The van der Waals surface area contributed by atoms with Crippen molar-refractivity contribution in [1.29, 1.82) is 0 Å². The number of ketones is 1. The summed E-state index contributed by atoms with van der Waals surface area (Å²) in [5, 5.41) is 4.16. The van der Waals surface area contributed by atoms with Crippen LogP contribution in [0.3, 0.4) is 0 Å². The lowest BCUT2D eigenvalue weighted by Crippen LogP contribution is -2.17. The predicted molar refractivity (Wildman–Crippen MR) is 75.6 cm³/mol. The first-order valence-electron chi connectivity index (χ1n) is 5.88. The first kappa shape index (κ1) is 14.7. The van der Waals surface area contributed by atoms with Gasteiger partial charge in [-0.05, 0) is 19.9 Å². The summed E-state index contributed by atoms with van der Waals surface area (Å²) in [6.07, 6.45) is 1.42. The summed E-state index contributed by atoms with van der Waals surface area (Å²) in [4.78, 5) is 15.9. The zero-order chi connectivity index (χ0) is 14.9. The van der Waals surface area contributed by atoms with E-state index in [2.05, 4.69) is 14.8 Å². The molecule has 0 spiro atoms. The van der Waals surface area contributed by atoms with Gasteiger partial charge in [0, 0.05) is 13.5 Å². The van der Waals surface area contributed by atoms with Crippen molar-refractivity contribution in [3.63, 3.8) is 0 Å². The van der Waals surface area contributed by atoms with Gasteiger partial charge >= 0.3 is 0 Å². The molecule has 2 heterocycles. The summed E-state index contributed by atoms with van der Waals surface area (Å²) in [5.41, 5.74) is 0.518. The Hall–Kier alpha value is -1.74. The van der Waals surface area contributed by atoms with E-state index in [1.54, 1.807) is 13.8 Å². The van der Waals surface area contributed by atoms with Crippen LogP contribution in [0.5, 0.6) is 0 Å². The summed E-state index contributed by atoms with van der Waals surface area (Å²) in [7, 11) is -3.75. The molecule has 2 rings (SSSR count). The number of thiazole rings is 1. The van der Waals surface area contributed by atoms with Crippen molar-refractivity contribution in [2.24, 2.45) is 0 Å². The third-order valence-corrected chi connectivity index (χ3v) is 5.25. The zero-order valence-corrected chi connectivity index (χ0v) is 12.9. The Labute approximate surface area is 120 Å². The molecular formula is C11H14N4O3S2. The van der Waals surface area contributed by atoms with Crippen molar-refractivity contribution in [2.75, 3.05) is 4.72 Å². The standard InChI is InChI=1S/C11H14N4O3S2/c1-4-15-9(5-6-12-15)20(17,18)14-11-13-7(2)10(19-11)8(3)16/h5-6H,4H2,1-3H3,(H,13,14). The molecule has 0 unspecified atom stereocenters. The fraction of sp³-hybridized carbons (Fsp3) is 0.364. The molecule has 0 amide bonds. The molecule has 0 saturated carbocycles. The average molecular weight is 314 g/mol. The lowest BCUT2D eigenvalue weighted by Gasteiger charge is -2.06. The molecule has 20 heavy (non-hydrogen) atoms. The van der Waals surface area contributed by atoms with Crippen molar-refractivity contribution in [3.05, 3.63) is 22.8 Å². The van der Waals surface area contributed by atoms with Crippen LogP contribution in [0, 0.1) is 6.92 Å². The van der Waals surface area contributed by atoms with Crippen LogP contribution in [0.1, 0.15) is 29.2 Å². The fourth-order valence-corrected chi connectivity index (χ4v) is 4.00. The van der Waals surface area contributed by atoms with E-state index in [4.69, 9.17) is 0 Å². The largest absolute Gasteiger partial charge is 0.294 e. The van der Waals surface area contributed by atoms with Gasteiger partial charge in [0.25, 0.3) is 10.0 Å². The topological polar surface area (TPSA) is 93.9 Å². The van der Waals surface area contributed by atoms with Gasteiger partial charge in [0.2, 0.25) is 0 Å². The number of nitrogens with zero attached hydrogens (tertiary/aromatic N) is 3. The SMILES string of the molecule is CCn1nccc1S(=O)(=O)Nc1nc(C)c(C(C)=O)s1. The maximum Gasteiger partial charge on any atom is 0.280 e. The molecule has 0 fully saturated rings. The number of nitrogens with one attached hydrogen (secondary N) is 1. The van der Waals surface area contributed by atoms with Gasteiger partial charge in [-0.15, -0.1) is 0 Å². The summed E-state index contributed by atoms with van der Waals surface area (Å²) in [5.74, 6) is -0.135. The highest BCUT2D eigenvalue weighted by Gasteiger charge is 2.21. The minimum absolute atomic E-state index is 0.0669. The van der Waals surface area contributed by atoms with E-state index in [0.29, 0.717) is 17.1 Å². The first-order chi connectivity index (χ1) is 9.35. The number of hydrogen-bond acceptors (Lipinski definition) is 6.